The molecule has 0 aliphatic rings. The molecule has 0 radical (unpaired) electrons. The monoisotopic (exact) mass is 242 g/mol. The van der Waals surface area contributed by atoms with E-state index in [1.165, 1.54) is 32.1 Å². The summed E-state index contributed by atoms with van der Waals surface area (Å²) >= 11 is 1.95. The minimum atomic E-state index is 0.921. The summed E-state index contributed by atoms with van der Waals surface area (Å²) in [5.41, 5.74) is 0. The molecule has 0 rings (SSSR count). The van der Waals surface area contributed by atoms with Gasteiger partial charge < -0.3 is 3.07 Å². The zero-order chi connectivity index (χ0) is 6.95. The van der Waals surface area contributed by atoms with Crippen molar-refractivity contribution in [2.75, 3.05) is 6.61 Å². The molecule has 0 saturated carbocycles. The molecule has 0 aliphatic heterocycles. The second kappa shape index (κ2) is 8.69. The van der Waals surface area contributed by atoms with Crippen LogP contribution >= 0.6 is 23.0 Å². The number of unbranched alkanes of at least 4 members (excludes halogenated alkanes) is 4. The van der Waals surface area contributed by atoms with Crippen LogP contribution in [0.25, 0.3) is 0 Å². The van der Waals surface area contributed by atoms with Gasteiger partial charge in [-0.15, -0.1) is 0 Å². The van der Waals surface area contributed by atoms with Crippen molar-refractivity contribution in [3.8, 4) is 0 Å². The van der Waals surface area contributed by atoms with Gasteiger partial charge in [-0.1, -0.05) is 32.6 Å². The standard InChI is InChI=1S/C7H15IO/c1-2-3-4-5-6-7-9-8/h2-7H2,1H3. The molecule has 0 aromatic carbocycles. The molecular weight excluding hydrogens is 227 g/mol. The molecule has 1 nitrogen and oxygen atoms in total. The lowest BCUT2D eigenvalue weighted by molar-refractivity contribution is 0.400. The molecule has 0 amide bonds. The summed E-state index contributed by atoms with van der Waals surface area (Å²) in [4.78, 5) is 0. The zero-order valence-corrected chi connectivity index (χ0v) is 8.19. The van der Waals surface area contributed by atoms with Crippen LogP contribution in [0.15, 0.2) is 0 Å². The number of halogens is 1. The lowest BCUT2D eigenvalue weighted by Crippen LogP contribution is -1.83. The molecule has 0 unspecified atom stereocenters. The second-order valence-corrected chi connectivity index (χ2v) is 2.85. The summed E-state index contributed by atoms with van der Waals surface area (Å²) in [6.07, 6.45) is 6.63. The molecule has 9 heavy (non-hydrogen) atoms. The number of hydrogen-bond acceptors (Lipinski definition) is 1. The van der Waals surface area contributed by atoms with Crippen LogP contribution in [0.2, 0.25) is 0 Å². The maximum atomic E-state index is 4.89. The molecule has 0 spiro atoms. The van der Waals surface area contributed by atoms with Gasteiger partial charge in [-0.3, -0.25) is 0 Å². The van der Waals surface area contributed by atoms with Crippen molar-refractivity contribution in [3.63, 3.8) is 0 Å². The Labute approximate surface area is 71.9 Å². The summed E-state index contributed by atoms with van der Waals surface area (Å²) in [5.74, 6) is 0. The van der Waals surface area contributed by atoms with Gasteiger partial charge in [0.05, 0.1) is 6.61 Å². The highest BCUT2D eigenvalue weighted by Crippen LogP contribution is 2.02. The molecule has 0 aromatic heterocycles. The van der Waals surface area contributed by atoms with E-state index in [-0.39, 0.29) is 0 Å². The third-order valence-corrected chi connectivity index (χ3v) is 1.77. The van der Waals surface area contributed by atoms with E-state index in [0.29, 0.717) is 0 Å². The van der Waals surface area contributed by atoms with Crippen molar-refractivity contribution in [3.05, 3.63) is 0 Å². The first kappa shape index (κ1) is 9.69. The lowest BCUT2D eigenvalue weighted by atomic mass is 10.2. The van der Waals surface area contributed by atoms with E-state index >= 15 is 0 Å². The van der Waals surface area contributed by atoms with Crippen LogP contribution in [-0.2, 0) is 3.07 Å². The number of rotatable bonds is 6. The summed E-state index contributed by atoms with van der Waals surface area (Å²) in [6, 6.07) is 0. The molecule has 0 aromatic rings. The van der Waals surface area contributed by atoms with Gasteiger partial charge in [0, 0.05) is 0 Å². The van der Waals surface area contributed by atoms with Crippen LogP contribution in [0, 0.1) is 0 Å². The molecule has 2 heteroatoms. The first-order valence-corrected chi connectivity index (χ1v) is 4.53. The molecule has 56 valence electrons. The molecule has 0 N–H and O–H groups in total. The van der Waals surface area contributed by atoms with Gasteiger partial charge in [0.25, 0.3) is 0 Å². The van der Waals surface area contributed by atoms with E-state index in [1.807, 2.05) is 23.0 Å². The van der Waals surface area contributed by atoms with Gasteiger partial charge in [-0.05, 0) is 6.42 Å². The predicted octanol–water partition coefficient (Wildman–Crippen LogP) is 3.32. The van der Waals surface area contributed by atoms with E-state index in [1.54, 1.807) is 0 Å². The summed E-state index contributed by atoms with van der Waals surface area (Å²) in [6.45, 7) is 3.15. The van der Waals surface area contributed by atoms with Crippen molar-refractivity contribution >= 4 is 23.0 Å². The van der Waals surface area contributed by atoms with Gasteiger partial charge in [0.2, 0.25) is 0 Å². The SMILES string of the molecule is CCCCCCCOI. The van der Waals surface area contributed by atoms with Crippen molar-refractivity contribution in [1.82, 2.24) is 0 Å². The lowest BCUT2D eigenvalue weighted by Gasteiger charge is -1.95. The third-order valence-electron chi connectivity index (χ3n) is 1.33. The smallest absolute Gasteiger partial charge is 0.109 e. The fraction of sp³-hybridized carbons (Fsp3) is 1.00. The largest absolute Gasteiger partial charge is 0.316 e. The Bertz CT molecular complexity index is 42.2. The Balaban J connectivity index is 2.60. The summed E-state index contributed by atoms with van der Waals surface area (Å²) in [5, 5.41) is 0. The second-order valence-electron chi connectivity index (χ2n) is 2.23. The van der Waals surface area contributed by atoms with Crippen LogP contribution in [-0.4, -0.2) is 6.61 Å². The fourth-order valence-electron chi connectivity index (χ4n) is 0.760. The maximum Gasteiger partial charge on any atom is 0.109 e. The van der Waals surface area contributed by atoms with Crippen molar-refractivity contribution in [2.24, 2.45) is 0 Å². The Morgan fingerprint density at radius 2 is 1.78 bits per heavy atom. The van der Waals surface area contributed by atoms with Crippen molar-refractivity contribution in [2.45, 2.75) is 39.0 Å². The highest BCUT2D eigenvalue weighted by molar-refractivity contribution is 14.1. The summed E-state index contributed by atoms with van der Waals surface area (Å²) in [7, 11) is 0. The maximum absolute atomic E-state index is 4.89. The molecule has 0 aliphatic carbocycles. The minimum absolute atomic E-state index is 0.921. The van der Waals surface area contributed by atoms with Crippen molar-refractivity contribution < 1.29 is 3.07 Å². The third kappa shape index (κ3) is 8.69. The predicted molar refractivity (Wildman–Crippen MR) is 48.7 cm³/mol. The Hall–Kier alpha value is 0.690. The average Bonchev–Trinajstić information content (AvgIpc) is 1.89. The normalized spacial score (nSPS) is 10.0. The van der Waals surface area contributed by atoms with Gasteiger partial charge >= 0.3 is 0 Å². The Morgan fingerprint density at radius 3 is 2.33 bits per heavy atom. The fourth-order valence-corrected chi connectivity index (χ4v) is 1.07. The van der Waals surface area contributed by atoms with Gasteiger partial charge in [-0.25, -0.2) is 0 Å². The van der Waals surface area contributed by atoms with E-state index < -0.39 is 0 Å². The molecule has 0 heterocycles. The quantitative estimate of drug-likeness (QED) is 0.512. The van der Waals surface area contributed by atoms with E-state index in [9.17, 15) is 0 Å². The molecular formula is C7H15IO. The topological polar surface area (TPSA) is 9.23 Å². The Morgan fingerprint density at radius 1 is 1.11 bits per heavy atom. The zero-order valence-electron chi connectivity index (χ0n) is 6.03. The summed E-state index contributed by atoms with van der Waals surface area (Å²) < 4.78 is 4.89. The first-order valence-electron chi connectivity index (χ1n) is 3.65. The average molecular weight is 242 g/mol. The van der Waals surface area contributed by atoms with Gasteiger partial charge in [-0.2, -0.15) is 0 Å². The van der Waals surface area contributed by atoms with Crippen molar-refractivity contribution in [1.29, 1.82) is 0 Å². The molecule has 0 atom stereocenters. The van der Waals surface area contributed by atoms with Crippen LogP contribution in [0.5, 0.6) is 0 Å². The minimum Gasteiger partial charge on any atom is -0.316 e. The van der Waals surface area contributed by atoms with E-state index in [0.717, 1.165) is 6.61 Å². The van der Waals surface area contributed by atoms with E-state index in [4.69, 9.17) is 3.07 Å². The van der Waals surface area contributed by atoms with E-state index in [2.05, 4.69) is 6.92 Å². The molecule has 0 bridgehead atoms. The van der Waals surface area contributed by atoms with Gasteiger partial charge in [0.1, 0.15) is 23.0 Å². The highest BCUT2D eigenvalue weighted by atomic mass is 127. The van der Waals surface area contributed by atoms with Gasteiger partial charge in [0.15, 0.2) is 0 Å². The number of hydrogen-bond donors (Lipinski definition) is 0. The van der Waals surface area contributed by atoms with Crippen LogP contribution < -0.4 is 0 Å². The van der Waals surface area contributed by atoms with Crippen LogP contribution in [0.1, 0.15) is 39.0 Å². The van der Waals surface area contributed by atoms with Crippen LogP contribution in [0.4, 0.5) is 0 Å². The van der Waals surface area contributed by atoms with Crippen LogP contribution in [0.3, 0.4) is 0 Å². The highest BCUT2D eigenvalue weighted by Gasteiger charge is 1.86. The molecule has 0 fully saturated rings. The Kier molecular flexibility index (Phi) is 9.36. The molecule has 0 saturated heterocycles. The first-order chi connectivity index (χ1) is 4.41.